The van der Waals surface area contributed by atoms with Gasteiger partial charge in [-0.25, -0.2) is 0 Å². The monoisotopic (exact) mass is 168 g/mol. The van der Waals surface area contributed by atoms with Gasteiger partial charge in [-0.15, -0.1) is 0 Å². The van der Waals surface area contributed by atoms with Crippen LogP contribution in [0.1, 0.15) is 59.3 Å². The molecule has 1 fully saturated rings. The summed E-state index contributed by atoms with van der Waals surface area (Å²) < 4.78 is 0. The minimum absolute atomic E-state index is 0.901. The largest absolute Gasteiger partial charge is 0.0628 e. The minimum Gasteiger partial charge on any atom is -0.0628 e. The first-order valence-electron chi connectivity index (χ1n) is 5.68. The molecule has 0 saturated heterocycles. The van der Waals surface area contributed by atoms with E-state index in [1.165, 1.54) is 38.5 Å². The van der Waals surface area contributed by atoms with Gasteiger partial charge in [0.15, 0.2) is 0 Å². The van der Waals surface area contributed by atoms with Crippen molar-refractivity contribution in [1.29, 1.82) is 0 Å². The topological polar surface area (TPSA) is 0 Å². The summed E-state index contributed by atoms with van der Waals surface area (Å²) in [6.07, 6.45) is 8.90. The third kappa shape index (κ3) is 4.79. The van der Waals surface area contributed by atoms with E-state index in [1.54, 1.807) is 0 Å². The Kier molecular flexibility index (Phi) is 4.11. The first-order valence-corrected chi connectivity index (χ1v) is 5.68. The van der Waals surface area contributed by atoms with Crippen LogP contribution >= 0.6 is 0 Å². The van der Waals surface area contributed by atoms with Crippen molar-refractivity contribution in [3.8, 4) is 0 Å². The molecule has 1 aliphatic carbocycles. The lowest BCUT2D eigenvalue weighted by Gasteiger charge is -2.11. The third-order valence-corrected chi connectivity index (χ3v) is 2.91. The molecule has 0 bridgehead atoms. The number of hydrogen-bond acceptors (Lipinski definition) is 0. The van der Waals surface area contributed by atoms with Crippen molar-refractivity contribution in [3.05, 3.63) is 0 Å². The highest BCUT2D eigenvalue weighted by atomic mass is 14.3. The molecule has 0 aromatic heterocycles. The standard InChI is InChI=1S/C12H24/c1-10(2)5-4-6-11(3)9-12-7-8-12/h10-12H,4-9H2,1-3H3. The van der Waals surface area contributed by atoms with Gasteiger partial charge in [0.1, 0.15) is 0 Å². The summed E-state index contributed by atoms with van der Waals surface area (Å²) in [5, 5.41) is 0. The van der Waals surface area contributed by atoms with E-state index in [2.05, 4.69) is 20.8 Å². The van der Waals surface area contributed by atoms with Crippen molar-refractivity contribution in [2.75, 3.05) is 0 Å². The number of rotatable bonds is 6. The number of hydrogen-bond donors (Lipinski definition) is 0. The molecule has 0 heterocycles. The zero-order valence-corrected chi connectivity index (χ0v) is 8.97. The third-order valence-electron chi connectivity index (χ3n) is 2.91. The summed E-state index contributed by atoms with van der Waals surface area (Å²) >= 11 is 0. The Morgan fingerprint density at radius 1 is 1.08 bits per heavy atom. The Balaban J connectivity index is 1.90. The molecule has 0 amide bonds. The summed E-state index contributed by atoms with van der Waals surface area (Å²) in [5.41, 5.74) is 0. The van der Waals surface area contributed by atoms with Gasteiger partial charge in [0.2, 0.25) is 0 Å². The maximum Gasteiger partial charge on any atom is -0.0412 e. The molecule has 0 spiro atoms. The van der Waals surface area contributed by atoms with Crippen LogP contribution in [-0.2, 0) is 0 Å². The van der Waals surface area contributed by atoms with Crippen LogP contribution in [0.4, 0.5) is 0 Å². The maximum atomic E-state index is 2.43. The van der Waals surface area contributed by atoms with E-state index in [9.17, 15) is 0 Å². The lowest BCUT2D eigenvalue weighted by molar-refractivity contribution is 0.419. The van der Waals surface area contributed by atoms with Crippen molar-refractivity contribution in [2.24, 2.45) is 17.8 Å². The summed E-state index contributed by atoms with van der Waals surface area (Å²) in [7, 11) is 0. The SMILES string of the molecule is CC(C)CCCC(C)CC1CC1. The van der Waals surface area contributed by atoms with Crippen LogP contribution in [0, 0.1) is 17.8 Å². The van der Waals surface area contributed by atoms with E-state index in [4.69, 9.17) is 0 Å². The quantitative estimate of drug-likeness (QED) is 0.556. The van der Waals surface area contributed by atoms with E-state index in [0.717, 1.165) is 17.8 Å². The highest BCUT2D eigenvalue weighted by Crippen LogP contribution is 2.36. The molecule has 0 heteroatoms. The summed E-state index contributed by atoms with van der Waals surface area (Å²) in [4.78, 5) is 0. The lowest BCUT2D eigenvalue weighted by atomic mass is 9.95. The second kappa shape index (κ2) is 4.89. The highest BCUT2D eigenvalue weighted by molar-refractivity contribution is 4.75. The molecule has 1 unspecified atom stereocenters. The predicted molar refractivity (Wildman–Crippen MR) is 55.2 cm³/mol. The zero-order valence-electron chi connectivity index (χ0n) is 8.97. The van der Waals surface area contributed by atoms with Crippen LogP contribution in [0.2, 0.25) is 0 Å². The van der Waals surface area contributed by atoms with Crippen LogP contribution in [0.25, 0.3) is 0 Å². The molecule has 0 aliphatic heterocycles. The lowest BCUT2D eigenvalue weighted by Crippen LogP contribution is -1.97. The highest BCUT2D eigenvalue weighted by Gasteiger charge is 2.23. The van der Waals surface area contributed by atoms with Gasteiger partial charge in [0.25, 0.3) is 0 Å². The normalized spacial score (nSPS) is 20.0. The molecule has 0 aromatic rings. The first-order chi connectivity index (χ1) is 5.68. The molecule has 0 radical (unpaired) electrons. The summed E-state index contributed by atoms with van der Waals surface area (Å²) in [6.45, 7) is 7.08. The van der Waals surface area contributed by atoms with E-state index < -0.39 is 0 Å². The van der Waals surface area contributed by atoms with E-state index in [0.29, 0.717) is 0 Å². The Hall–Kier alpha value is 0. The molecule has 1 rings (SSSR count). The predicted octanol–water partition coefficient (Wildman–Crippen LogP) is 4.25. The van der Waals surface area contributed by atoms with Crippen LogP contribution in [-0.4, -0.2) is 0 Å². The van der Waals surface area contributed by atoms with Crippen LogP contribution in [0.15, 0.2) is 0 Å². The Morgan fingerprint density at radius 3 is 2.25 bits per heavy atom. The molecule has 0 N–H and O–H groups in total. The second-order valence-corrected chi connectivity index (χ2v) is 5.11. The molecule has 1 saturated carbocycles. The van der Waals surface area contributed by atoms with Crippen molar-refractivity contribution in [1.82, 2.24) is 0 Å². The van der Waals surface area contributed by atoms with E-state index >= 15 is 0 Å². The minimum atomic E-state index is 0.901. The van der Waals surface area contributed by atoms with Crippen molar-refractivity contribution >= 4 is 0 Å². The van der Waals surface area contributed by atoms with Gasteiger partial charge in [-0.3, -0.25) is 0 Å². The molecule has 0 nitrogen and oxygen atoms in total. The molecular weight excluding hydrogens is 144 g/mol. The Labute approximate surface area is 77.7 Å². The van der Waals surface area contributed by atoms with Gasteiger partial charge in [-0.2, -0.15) is 0 Å². The molecule has 1 atom stereocenters. The smallest absolute Gasteiger partial charge is 0.0412 e. The van der Waals surface area contributed by atoms with Crippen molar-refractivity contribution in [2.45, 2.75) is 59.3 Å². The van der Waals surface area contributed by atoms with Crippen molar-refractivity contribution in [3.63, 3.8) is 0 Å². The molecule has 12 heavy (non-hydrogen) atoms. The van der Waals surface area contributed by atoms with Crippen LogP contribution < -0.4 is 0 Å². The van der Waals surface area contributed by atoms with E-state index in [-0.39, 0.29) is 0 Å². The molecular formula is C12H24. The summed E-state index contributed by atoms with van der Waals surface area (Å²) in [5.74, 6) is 3.02. The van der Waals surface area contributed by atoms with Gasteiger partial charge in [0.05, 0.1) is 0 Å². The van der Waals surface area contributed by atoms with Gasteiger partial charge < -0.3 is 0 Å². The molecule has 0 aromatic carbocycles. The van der Waals surface area contributed by atoms with E-state index in [1.807, 2.05) is 0 Å². The maximum absolute atomic E-state index is 2.43. The Morgan fingerprint density at radius 2 is 1.75 bits per heavy atom. The average Bonchev–Trinajstić information content (AvgIpc) is 2.70. The fraction of sp³-hybridized carbons (Fsp3) is 1.00. The molecule has 1 aliphatic rings. The second-order valence-electron chi connectivity index (χ2n) is 5.11. The van der Waals surface area contributed by atoms with Crippen LogP contribution in [0.3, 0.4) is 0 Å². The van der Waals surface area contributed by atoms with Gasteiger partial charge in [-0.1, -0.05) is 52.9 Å². The summed E-state index contributed by atoms with van der Waals surface area (Å²) in [6, 6.07) is 0. The Bertz CT molecular complexity index is 111. The average molecular weight is 168 g/mol. The van der Waals surface area contributed by atoms with Gasteiger partial charge in [-0.05, 0) is 24.2 Å². The van der Waals surface area contributed by atoms with Gasteiger partial charge >= 0.3 is 0 Å². The molecule has 72 valence electrons. The first kappa shape index (κ1) is 10.1. The van der Waals surface area contributed by atoms with Crippen LogP contribution in [0.5, 0.6) is 0 Å². The fourth-order valence-corrected chi connectivity index (χ4v) is 1.92. The van der Waals surface area contributed by atoms with Gasteiger partial charge in [0, 0.05) is 0 Å². The zero-order chi connectivity index (χ0) is 8.97. The van der Waals surface area contributed by atoms with Crippen molar-refractivity contribution < 1.29 is 0 Å². The fourth-order valence-electron chi connectivity index (χ4n) is 1.92.